The van der Waals surface area contributed by atoms with Gasteiger partial charge >= 0.3 is 5.97 Å². The molecule has 90 valence electrons. The summed E-state index contributed by atoms with van der Waals surface area (Å²) in [4.78, 5) is 30.5. The van der Waals surface area contributed by atoms with Crippen LogP contribution < -0.4 is 10.7 Å². The van der Waals surface area contributed by atoms with Crippen LogP contribution in [0.25, 0.3) is 0 Å². The molecule has 9 nitrogen and oxygen atoms in total. The maximum absolute atomic E-state index is 10.5. The highest BCUT2D eigenvalue weighted by atomic mass is 16.7. The lowest BCUT2D eigenvalue weighted by atomic mass is 10.1. The van der Waals surface area contributed by atoms with Crippen LogP contribution >= 0.6 is 0 Å². The van der Waals surface area contributed by atoms with E-state index in [0.717, 1.165) is 0 Å². The Morgan fingerprint density at radius 3 is 2.69 bits per heavy atom. The topological polar surface area (TPSA) is 145 Å². The Morgan fingerprint density at radius 1 is 1.62 bits per heavy atom. The van der Waals surface area contributed by atoms with Crippen LogP contribution in [0.1, 0.15) is 19.3 Å². The second-order valence-electron chi connectivity index (χ2n) is 2.92. The van der Waals surface area contributed by atoms with Crippen LogP contribution in [0.2, 0.25) is 0 Å². The number of carboxylic acids is 1. The molecule has 0 saturated heterocycles. The molecule has 9 heteroatoms. The monoisotopic (exact) mass is 232 g/mol. The van der Waals surface area contributed by atoms with Crippen molar-refractivity contribution in [2.75, 3.05) is 0 Å². The third-order valence-corrected chi connectivity index (χ3v) is 1.71. The number of hydrogen-bond acceptors (Lipinski definition) is 5. The number of hydrogen-bond donors (Lipinski definition) is 4. The summed E-state index contributed by atoms with van der Waals surface area (Å²) >= 11 is 0. The maximum atomic E-state index is 10.5. The molecule has 0 radical (unpaired) electrons. The molecule has 0 fully saturated rings. The summed E-state index contributed by atoms with van der Waals surface area (Å²) in [7, 11) is 0. The molecule has 0 heterocycles. The number of nitro groups is 1. The van der Waals surface area contributed by atoms with Gasteiger partial charge in [0.25, 0.3) is 0 Å². The molecule has 0 aromatic heterocycles. The van der Waals surface area contributed by atoms with Crippen LogP contribution in [-0.4, -0.2) is 34.4 Å². The molecule has 0 rings (SSSR count). The van der Waals surface area contributed by atoms with Crippen molar-refractivity contribution in [2.24, 2.45) is 0 Å². The van der Waals surface area contributed by atoms with Crippen LogP contribution in [0, 0.1) is 15.5 Å². The van der Waals surface area contributed by atoms with E-state index in [4.69, 9.17) is 10.5 Å². The van der Waals surface area contributed by atoms with E-state index < -0.39 is 17.0 Å². The number of aliphatic carboxylic acids is 1. The summed E-state index contributed by atoms with van der Waals surface area (Å²) in [5.41, 5.74) is 1.65. The summed E-state index contributed by atoms with van der Waals surface area (Å²) in [6.07, 6.45) is 0.679. The number of nitrogens with one attached hydrogen (secondary N) is 3. The van der Waals surface area contributed by atoms with Gasteiger partial charge in [-0.25, -0.2) is 14.9 Å². The summed E-state index contributed by atoms with van der Waals surface area (Å²) in [5, 5.41) is 26.8. The van der Waals surface area contributed by atoms with E-state index in [9.17, 15) is 19.7 Å². The molecule has 1 amide bonds. The molecule has 0 aromatic rings. The standard InChI is InChI=1S/C7H12N4O5/c8-6(10-11(15)16)3-1-2-5(7(13)14)9-4-12/h4-5H,1-3H2,(H2,8,10)(H,9,12)(H,13,14)/t5-/m1/s1. The van der Waals surface area contributed by atoms with Crippen molar-refractivity contribution in [3.63, 3.8) is 0 Å². The van der Waals surface area contributed by atoms with Crippen LogP contribution in [0.4, 0.5) is 0 Å². The van der Waals surface area contributed by atoms with Gasteiger partial charge in [-0.05, 0) is 12.8 Å². The lowest BCUT2D eigenvalue weighted by Gasteiger charge is -2.10. The van der Waals surface area contributed by atoms with E-state index >= 15 is 0 Å². The summed E-state index contributed by atoms with van der Waals surface area (Å²) in [6.45, 7) is 0. The molecule has 0 spiro atoms. The van der Waals surface area contributed by atoms with Crippen molar-refractivity contribution < 1.29 is 19.7 Å². The minimum Gasteiger partial charge on any atom is -0.480 e. The van der Waals surface area contributed by atoms with Gasteiger partial charge in [0, 0.05) is 6.42 Å². The zero-order chi connectivity index (χ0) is 12.6. The first-order valence-corrected chi connectivity index (χ1v) is 4.38. The van der Waals surface area contributed by atoms with Crippen molar-refractivity contribution >= 4 is 18.2 Å². The number of carbonyl (C=O) groups excluding carboxylic acids is 1. The van der Waals surface area contributed by atoms with Gasteiger partial charge in [0.2, 0.25) is 6.41 Å². The van der Waals surface area contributed by atoms with Gasteiger partial charge in [-0.2, -0.15) is 0 Å². The van der Waals surface area contributed by atoms with Crippen LogP contribution in [0.3, 0.4) is 0 Å². The zero-order valence-corrected chi connectivity index (χ0v) is 8.30. The highest BCUT2D eigenvalue weighted by Crippen LogP contribution is 2.01. The Morgan fingerprint density at radius 2 is 2.25 bits per heavy atom. The Balaban J connectivity index is 3.85. The quantitative estimate of drug-likeness (QED) is 0.140. The van der Waals surface area contributed by atoms with E-state index in [1.165, 1.54) is 0 Å². The van der Waals surface area contributed by atoms with Gasteiger partial charge in [0.1, 0.15) is 6.04 Å². The molecule has 4 N–H and O–H groups in total. The first-order valence-electron chi connectivity index (χ1n) is 4.38. The smallest absolute Gasteiger partial charge is 0.326 e. The van der Waals surface area contributed by atoms with Crippen molar-refractivity contribution in [2.45, 2.75) is 25.3 Å². The summed E-state index contributed by atoms with van der Waals surface area (Å²) in [5.74, 6) is -1.49. The van der Waals surface area contributed by atoms with E-state index in [2.05, 4.69) is 5.32 Å². The molecule has 0 aromatic carbocycles. The fraction of sp³-hybridized carbons (Fsp3) is 0.571. The average molecular weight is 232 g/mol. The first kappa shape index (κ1) is 13.8. The number of carboxylic acid groups (broad SMARTS) is 1. The molecule has 0 aliphatic heterocycles. The highest BCUT2D eigenvalue weighted by molar-refractivity contribution is 5.78. The summed E-state index contributed by atoms with van der Waals surface area (Å²) in [6, 6.07) is -1.03. The largest absolute Gasteiger partial charge is 0.480 e. The minimum atomic E-state index is -1.18. The van der Waals surface area contributed by atoms with E-state index in [1.54, 1.807) is 5.43 Å². The first-order chi connectivity index (χ1) is 7.47. The number of amidine groups is 1. The normalized spacial score (nSPS) is 11.2. The second-order valence-corrected chi connectivity index (χ2v) is 2.92. The lowest BCUT2D eigenvalue weighted by Crippen LogP contribution is -2.36. The van der Waals surface area contributed by atoms with Crippen molar-refractivity contribution in [1.82, 2.24) is 10.7 Å². The Bertz CT molecular complexity index is 293. The zero-order valence-electron chi connectivity index (χ0n) is 8.30. The maximum Gasteiger partial charge on any atom is 0.326 e. The third-order valence-electron chi connectivity index (χ3n) is 1.71. The van der Waals surface area contributed by atoms with Crippen LogP contribution in [-0.2, 0) is 9.59 Å². The van der Waals surface area contributed by atoms with Gasteiger partial charge in [-0.1, -0.05) is 5.43 Å². The fourth-order valence-corrected chi connectivity index (χ4v) is 1.01. The minimum absolute atomic E-state index is 0.0469. The second kappa shape index (κ2) is 7.15. The molecule has 0 aliphatic rings. The van der Waals surface area contributed by atoms with Gasteiger partial charge in [0.05, 0.1) is 0 Å². The molecule has 16 heavy (non-hydrogen) atoms. The van der Waals surface area contributed by atoms with E-state index in [0.29, 0.717) is 0 Å². The number of nitrogens with zero attached hydrogens (tertiary/aromatic N) is 1. The Kier molecular flexibility index (Phi) is 6.17. The van der Waals surface area contributed by atoms with Crippen LogP contribution in [0.15, 0.2) is 0 Å². The van der Waals surface area contributed by atoms with Gasteiger partial charge in [-0.3, -0.25) is 10.2 Å². The van der Waals surface area contributed by atoms with Gasteiger partial charge in [0.15, 0.2) is 10.9 Å². The van der Waals surface area contributed by atoms with Crippen LogP contribution in [0.5, 0.6) is 0 Å². The number of amides is 1. The Labute approximate surface area is 90.5 Å². The molecule has 1 atom stereocenters. The molecular formula is C7H12N4O5. The van der Waals surface area contributed by atoms with E-state index in [-0.39, 0.29) is 31.5 Å². The van der Waals surface area contributed by atoms with E-state index in [1.807, 2.05) is 0 Å². The number of hydrazine groups is 1. The SMILES string of the molecule is N=C(CCC[C@@H](NC=O)C(=O)O)N[N+](=O)[O-]. The third kappa shape index (κ3) is 6.29. The number of rotatable bonds is 8. The molecule has 0 saturated carbocycles. The van der Waals surface area contributed by atoms with Gasteiger partial charge < -0.3 is 10.4 Å². The highest BCUT2D eigenvalue weighted by Gasteiger charge is 2.16. The van der Waals surface area contributed by atoms with Crippen molar-refractivity contribution in [1.29, 1.82) is 5.41 Å². The molecule has 0 bridgehead atoms. The average Bonchev–Trinajstić information content (AvgIpc) is 2.15. The predicted octanol–water partition coefficient (Wildman–Crippen LogP) is -0.886. The molecule has 0 aliphatic carbocycles. The van der Waals surface area contributed by atoms with Gasteiger partial charge in [-0.15, -0.1) is 0 Å². The van der Waals surface area contributed by atoms with Crippen molar-refractivity contribution in [3.05, 3.63) is 10.1 Å². The number of carbonyl (C=O) groups is 2. The molecular weight excluding hydrogens is 220 g/mol. The lowest BCUT2D eigenvalue weighted by molar-refractivity contribution is -0.525. The predicted molar refractivity (Wildman–Crippen MR) is 52.3 cm³/mol. The summed E-state index contributed by atoms with van der Waals surface area (Å²) < 4.78 is 0. The van der Waals surface area contributed by atoms with Crippen molar-refractivity contribution in [3.8, 4) is 0 Å². The molecule has 0 unspecified atom stereocenters. The Hall–Kier alpha value is -2.19. The fourth-order valence-electron chi connectivity index (χ4n) is 1.01.